The van der Waals surface area contributed by atoms with Gasteiger partial charge in [-0.3, -0.25) is 0 Å². The van der Waals surface area contributed by atoms with E-state index >= 15 is 0 Å². The van der Waals surface area contributed by atoms with E-state index in [1.807, 2.05) is 0 Å². The third-order valence-corrected chi connectivity index (χ3v) is 6.92. The second-order valence-electron chi connectivity index (χ2n) is 4.97. The average molecular weight is 382 g/mol. The molecular weight excluding hydrogens is 366 g/mol. The van der Waals surface area contributed by atoms with Crippen molar-refractivity contribution in [3.63, 3.8) is 0 Å². The predicted molar refractivity (Wildman–Crippen MR) is 79.8 cm³/mol. The summed E-state index contributed by atoms with van der Waals surface area (Å²) in [4.78, 5) is -0.0418. The summed E-state index contributed by atoms with van der Waals surface area (Å²) in [6.45, 7) is 0. The molecule has 1 aliphatic rings. The van der Waals surface area contributed by atoms with Gasteiger partial charge in [-0.05, 0) is 47.0 Å². The van der Waals surface area contributed by atoms with Crippen LogP contribution in [0, 0.1) is 0 Å². The lowest BCUT2D eigenvalue weighted by Crippen LogP contribution is -2.32. The van der Waals surface area contributed by atoms with Gasteiger partial charge >= 0.3 is 0 Å². The van der Waals surface area contributed by atoms with E-state index in [1.165, 1.54) is 18.2 Å². The largest absolute Gasteiger partial charge is 0.241 e. The van der Waals surface area contributed by atoms with Gasteiger partial charge in [0.2, 0.25) is 10.0 Å². The van der Waals surface area contributed by atoms with Crippen molar-refractivity contribution in [1.29, 1.82) is 0 Å². The maximum absolute atomic E-state index is 12.4. The summed E-state index contributed by atoms with van der Waals surface area (Å²) in [5.74, 6) is 0. The van der Waals surface area contributed by atoms with E-state index in [1.54, 1.807) is 0 Å². The first-order valence-corrected chi connectivity index (χ1v) is 10.4. The molecule has 0 spiro atoms. The van der Waals surface area contributed by atoms with Gasteiger partial charge in [-0.2, -0.15) is 0 Å². The van der Waals surface area contributed by atoms with Crippen LogP contribution in [0.25, 0.3) is 0 Å². The molecule has 20 heavy (non-hydrogen) atoms. The van der Waals surface area contributed by atoms with Gasteiger partial charge < -0.3 is 0 Å². The number of nitrogens with one attached hydrogen (secondary N) is 1. The van der Waals surface area contributed by atoms with E-state index in [0.717, 1.165) is 31.9 Å². The Kier molecular flexibility index (Phi) is 4.58. The van der Waals surface area contributed by atoms with Gasteiger partial charge in [-0.25, -0.2) is 21.6 Å². The standard InChI is InChI=1S/C12H16BrNO4S2/c1-19(15,16)10-6-7-11(13)12(8-10)20(17,18)14-9-4-2-3-5-9/h6-9,14H,2-5H2,1H3. The Hall–Kier alpha value is -0.440. The van der Waals surface area contributed by atoms with Gasteiger partial charge in [0.15, 0.2) is 9.84 Å². The van der Waals surface area contributed by atoms with Gasteiger partial charge in [0.25, 0.3) is 0 Å². The minimum atomic E-state index is -3.72. The Labute approximate surface area is 127 Å². The maximum Gasteiger partial charge on any atom is 0.241 e. The van der Waals surface area contributed by atoms with Crippen LogP contribution in [0.3, 0.4) is 0 Å². The lowest BCUT2D eigenvalue weighted by atomic mass is 10.3. The normalized spacial score (nSPS) is 17.5. The highest BCUT2D eigenvalue weighted by atomic mass is 79.9. The Morgan fingerprint density at radius 1 is 1.15 bits per heavy atom. The number of sulfonamides is 1. The molecule has 1 aromatic carbocycles. The number of hydrogen-bond acceptors (Lipinski definition) is 4. The minimum absolute atomic E-state index is 0.00695. The first-order chi connectivity index (χ1) is 9.20. The lowest BCUT2D eigenvalue weighted by molar-refractivity contribution is 0.551. The Bertz CT molecular complexity index is 707. The molecule has 0 radical (unpaired) electrons. The quantitative estimate of drug-likeness (QED) is 0.865. The molecule has 0 atom stereocenters. The summed E-state index contributed by atoms with van der Waals surface area (Å²) in [5.41, 5.74) is 0. The second kappa shape index (κ2) is 5.75. The van der Waals surface area contributed by atoms with Crippen LogP contribution in [0.4, 0.5) is 0 Å². The smallest absolute Gasteiger partial charge is 0.224 e. The van der Waals surface area contributed by atoms with Crippen molar-refractivity contribution in [3.8, 4) is 0 Å². The predicted octanol–water partition coefficient (Wildman–Crippen LogP) is 2.07. The van der Waals surface area contributed by atoms with Crippen molar-refractivity contribution < 1.29 is 16.8 Å². The zero-order chi connectivity index (χ0) is 15.0. The van der Waals surface area contributed by atoms with E-state index in [2.05, 4.69) is 20.7 Å². The Morgan fingerprint density at radius 2 is 1.75 bits per heavy atom. The Morgan fingerprint density at radius 3 is 2.30 bits per heavy atom. The SMILES string of the molecule is CS(=O)(=O)c1ccc(Br)c(S(=O)(=O)NC2CCCC2)c1. The van der Waals surface area contributed by atoms with Crippen molar-refractivity contribution in [2.45, 2.75) is 41.5 Å². The van der Waals surface area contributed by atoms with Crippen LogP contribution in [0.1, 0.15) is 25.7 Å². The van der Waals surface area contributed by atoms with Crippen molar-refractivity contribution >= 4 is 35.8 Å². The molecule has 1 N–H and O–H groups in total. The molecule has 0 saturated heterocycles. The topological polar surface area (TPSA) is 80.3 Å². The van der Waals surface area contributed by atoms with Crippen LogP contribution in [0.5, 0.6) is 0 Å². The summed E-state index contributed by atoms with van der Waals surface area (Å²) >= 11 is 3.17. The summed E-state index contributed by atoms with van der Waals surface area (Å²) in [5, 5.41) is 0. The van der Waals surface area contributed by atoms with Crippen LogP contribution in [0.2, 0.25) is 0 Å². The fourth-order valence-corrected chi connectivity index (χ4v) is 5.26. The number of benzene rings is 1. The third-order valence-electron chi connectivity index (χ3n) is 3.30. The van der Waals surface area contributed by atoms with Crippen molar-refractivity contribution in [1.82, 2.24) is 4.72 Å². The van der Waals surface area contributed by atoms with E-state index < -0.39 is 19.9 Å². The van der Waals surface area contributed by atoms with Crippen molar-refractivity contribution in [2.24, 2.45) is 0 Å². The Balaban J connectivity index is 2.40. The number of hydrogen-bond donors (Lipinski definition) is 1. The molecule has 1 saturated carbocycles. The van der Waals surface area contributed by atoms with E-state index in [0.29, 0.717) is 4.47 Å². The summed E-state index contributed by atoms with van der Waals surface area (Å²) in [6.07, 6.45) is 4.72. The molecule has 0 aromatic heterocycles. The van der Waals surface area contributed by atoms with Crippen LogP contribution < -0.4 is 4.72 Å². The van der Waals surface area contributed by atoms with Crippen LogP contribution in [-0.4, -0.2) is 29.1 Å². The van der Waals surface area contributed by atoms with Gasteiger partial charge in [0.1, 0.15) is 0 Å². The first-order valence-electron chi connectivity index (χ1n) is 6.22. The van der Waals surface area contributed by atoms with E-state index in [-0.39, 0.29) is 15.8 Å². The van der Waals surface area contributed by atoms with Gasteiger partial charge in [-0.1, -0.05) is 12.8 Å². The van der Waals surface area contributed by atoms with Crippen LogP contribution in [-0.2, 0) is 19.9 Å². The zero-order valence-electron chi connectivity index (χ0n) is 11.0. The average Bonchev–Trinajstić information content (AvgIpc) is 2.79. The molecule has 1 fully saturated rings. The summed E-state index contributed by atoms with van der Waals surface area (Å²) in [6, 6.07) is 3.96. The number of halogens is 1. The van der Waals surface area contributed by atoms with E-state index in [4.69, 9.17) is 0 Å². The van der Waals surface area contributed by atoms with Gasteiger partial charge in [-0.15, -0.1) is 0 Å². The highest BCUT2D eigenvalue weighted by Gasteiger charge is 2.25. The molecule has 112 valence electrons. The molecule has 1 aromatic rings. The fraction of sp³-hybridized carbons (Fsp3) is 0.500. The molecule has 0 bridgehead atoms. The van der Waals surface area contributed by atoms with E-state index in [9.17, 15) is 16.8 Å². The number of rotatable bonds is 4. The third kappa shape index (κ3) is 3.60. The molecule has 0 heterocycles. The highest BCUT2D eigenvalue weighted by Crippen LogP contribution is 2.27. The fourth-order valence-electron chi connectivity index (χ4n) is 2.25. The van der Waals surface area contributed by atoms with Crippen molar-refractivity contribution in [2.75, 3.05) is 6.26 Å². The first kappa shape index (κ1) is 15.9. The van der Waals surface area contributed by atoms with Gasteiger partial charge in [0.05, 0.1) is 9.79 Å². The number of sulfone groups is 1. The summed E-state index contributed by atoms with van der Waals surface area (Å²) < 4.78 is 50.8. The lowest BCUT2D eigenvalue weighted by Gasteiger charge is -2.14. The molecule has 0 amide bonds. The molecule has 2 rings (SSSR count). The monoisotopic (exact) mass is 381 g/mol. The molecule has 0 aliphatic heterocycles. The minimum Gasteiger partial charge on any atom is -0.224 e. The highest BCUT2D eigenvalue weighted by molar-refractivity contribution is 9.10. The summed E-state index contributed by atoms with van der Waals surface area (Å²) in [7, 11) is -7.16. The molecule has 1 aliphatic carbocycles. The van der Waals surface area contributed by atoms with Gasteiger partial charge in [0, 0.05) is 16.8 Å². The zero-order valence-corrected chi connectivity index (χ0v) is 14.2. The van der Waals surface area contributed by atoms with Crippen LogP contribution >= 0.6 is 15.9 Å². The molecular formula is C12H16BrNO4S2. The molecule has 8 heteroatoms. The molecule has 5 nitrogen and oxygen atoms in total. The molecule has 0 unspecified atom stereocenters. The van der Waals surface area contributed by atoms with Crippen molar-refractivity contribution in [3.05, 3.63) is 22.7 Å². The second-order valence-corrected chi connectivity index (χ2v) is 9.52. The van der Waals surface area contributed by atoms with Crippen LogP contribution in [0.15, 0.2) is 32.5 Å². The maximum atomic E-state index is 12.4.